The highest BCUT2D eigenvalue weighted by Crippen LogP contribution is 2.49. The number of anilines is 1. The van der Waals surface area contributed by atoms with Gasteiger partial charge in [0.25, 0.3) is 0 Å². The van der Waals surface area contributed by atoms with Crippen molar-refractivity contribution in [3.8, 4) is 0 Å². The van der Waals surface area contributed by atoms with E-state index in [1.807, 2.05) is 6.07 Å². The minimum atomic E-state index is -0.851. The highest BCUT2D eigenvalue weighted by atomic mass is 19.1. The number of carboxylic acid groups (broad SMARTS) is 1. The molecule has 0 atom stereocenters. The normalized spacial score (nSPS) is 14.8. The summed E-state index contributed by atoms with van der Waals surface area (Å²) in [7, 11) is 0. The molecule has 1 saturated carbocycles. The second-order valence-electron chi connectivity index (χ2n) is 6.60. The average molecular weight is 341 g/mol. The van der Waals surface area contributed by atoms with Gasteiger partial charge in [-0.05, 0) is 55.0 Å². The van der Waals surface area contributed by atoms with E-state index in [1.165, 1.54) is 6.07 Å². The Bertz CT molecular complexity index is 799. The number of hydrogen-bond donors (Lipinski definition) is 2. The van der Waals surface area contributed by atoms with Gasteiger partial charge in [-0.15, -0.1) is 0 Å². The Balaban J connectivity index is 1.67. The highest BCUT2D eigenvalue weighted by molar-refractivity contribution is 5.97. The minimum absolute atomic E-state index is 0.0502. The molecule has 2 aromatic rings. The minimum Gasteiger partial charge on any atom is -0.481 e. The van der Waals surface area contributed by atoms with Crippen molar-refractivity contribution >= 4 is 17.6 Å². The number of carbonyl (C=O) groups is 2. The number of aliphatic carboxylic acids is 1. The fraction of sp³-hybridized carbons (Fsp3) is 0.300. The summed E-state index contributed by atoms with van der Waals surface area (Å²) in [6.45, 7) is 0. The summed E-state index contributed by atoms with van der Waals surface area (Å²) in [6, 6.07) is 13.7. The van der Waals surface area contributed by atoms with Gasteiger partial charge in [-0.25, -0.2) is 4.39 Å². The maximum Gasteiger partial charge on any atom is 0.303 e. The molecule has 130 valence electrons. The Hall–Kier alpha value is -2.69. The van der Waals surface area contributed by atoms with Crippen LogP contribution in [0.1, 0.15) is 30.4 Å². The van der Waals surface area contributed by atoms with Gasteiger partial charge in [0.15, 0.2) is 0 Å². The third kappa shape index (κ3) is 4.24. The van der Waals surface area contributed by atoms with Gasteiger partial charge in [-0.2, -0.15) is 0 Å². The van der Waals surface area contributed by atoms with Crippen molar-refractivity contribution in [2.45, 2.75) is 32.1 Å². The lowest BCUT2D eigenvalue weighted by Gasteiger charge is -2.16. The van der Waals surface area contributed by atoms with Gasteiger partial charge in [0.2, 0.25) is 5.91 Å². The van der Waals surface area contributed by atoms with Gasteiger partial charge in [-0.1, -0.05) is 30.3 Å². The van der Waals surface area contributed by atoms with Crippen molar-refractivity contribution in [1.29, 1.82) is 0 Å². The monoisotopic (exact) mass is 341 g/mol. The fourth-order valence-corrected chi connectivity index (χ4v) is 2.96. The van der Waals surface area contributed by atoms with E-state index < -0.39 is 11.4 Å². The number of amides is 1. The third-order valence-corrected chi connectivity index (χ3v) is 4.63. The SMILES string of the molecule is O=C(O)CCc1cccc(NC(=O)C2(Cc3ccccc3F)CC2)c1. The molecule has 2 aromatic carbocycles. The zero-order valence-electron chi connectivity index (χ0n) is 13.8. The van der Waals surface area contributed by atoms with Gasteiger partial charge >= 0.3 is 5.97 Å². The first kappa shape index (κ1) is 17.1. The molecule has 5 heteroatoms. The number of halogens is 1. The lowest BCUT2D eigenvalue weighted by molar-refractivity contribution is -0.137. The third-order valence-electron chi connectivity index (χ3n) is 4.63. The van der Waals surface area contributed by atoms with Gasteiger partial charge in [0.05, 0.1) is 5.41 Å². The van der Waals surface area contributed by atoms with E-state index in [-0.39, 0.29) is 18.1 Å². The zero-order chi connectivity index (χ0) is 17.9. The first-order valence-electron chi connectivity index (χ1n) is 8.34. The van der Waals surface area contributed by atoms with Gasteiger partial charge in [0, 0.05) is 12.1 Å². The molecule has 1 aliphatic carbocycles. The van der Waals surface area contributed by atoms with Crippen LogP contribution in [-0.2, 0) is 22.4 Å². The Labute approximate surface area is 145 Å². The van der Waals surface area contributed by atoms with E-state index >= 15 is 0 Å². The van der Waals surface area contributed by atoms with Gasteiger partial charge < -0.3 is 10.4 Å². The molecule has 0 spiro atoms. The first-order chi connectivity index (χ1) is 12.0. The van der Waals surface area contributed by atoms with E-state index in [0.717, 1.165) is 18.4 Å². The van der Waals surface area contributed by atoms with Crippen LogP contribution in [0.5, 0.6) is 0 Å². The molecule has 25 heavy (non-hydrogen) atoms. The lowest BCUT2D eigenvalue weighted by atomic mass is 9.95. The number of hydrogen-bond acceptors (Lipinski definition) is 2. The van der Waals surface area contributed by atoms with Crippen LogP contribution in [0.3, 0.4) is 0 Å². The van der Waals surface area contributed by atoms with E-state index in [4.69, 9.17) is 5.11 Å². The Morgan fingerprint density at radius 3 is 2.56 bits per heavy atom. The molecule has 1 amide bonds. The van der Waals surface area contributed by atoms with E-state index in [0.29, 0.717) is 24.1 Å². The molecule has 0 unspecified atom stereocenters. The first-order valence-corrected chi connectivity index (χ1v) is 8.34. The molecule has 0 aliphatic heterocycles. The summed E-state index contributed by atoms with van der Waals surface area (Å²) in [5.41, 5.74) is 1.52. The maximum atomic E-state index is 13.9. The van der Waals surface area contributed by atoms with Crippen LogP contribution < -0.4 is 5.32 Å². The van der Waals surface area contributed by atoms with Crippen LogP contribution in [0.4, 0.5) is 10.1 Å². The second kappa shape index (κ2) is 7.05. The van der Waals surface area contributed by atoms with Crippen LogP contribution >= 0.6 is 0 Å². The molecular weight excluding hydrogens is 321 g/mol. The Morgan fingerprint density at radius 1 is 1.12 bits per heavy atom. The molecule has 2 N–H and O–H groups in total. The molecule has 0 aromatic heterocycles. The number of aryl methyl sites for hydroxylation is 1. The summed E-state index contributed by atoms with van der Waals surface area (Å²) in [5, 5.41) is 11.7. The number of carboxylic acids is 1. The predicted octanol–water partition coefficient (Wildman–Crippen LogP) is 3.80. The standard InChI is InChI=1S/C20H20FNO3/c21-17-7-2-1-5-15(17)13-20(10-11-20)19(25)22-16-6-3-4-14(12-16)8-9-18(23)24/h1-7,12H,8-11,13H2,(H,22,25)(H,23,24). The Kier molecular flexibility index (Phi) is 4.83. The highest BCUT2D eigenvalue weighted by Gasteiger charge is 2.49. The van der Waals surface area contributed by atoms with Crippen molar-refractivity contribution in [2.75, 3.05) is 5.32 Å². The zero-order valence-corrected chi connectivity index (χ0v) is 13.8. The number of rotatable bonds is 7. The summed E-state index contributed by atoms with van der Waals surface area (Å²) in [5.74, 6) is -1.24. The second-order valence-corrected chi connectivity index (χ2v) is 6.60. The lowest BCUT2D eigenvalue weighted by Crippen LogP contribution is -2.26. The fourth-order valence-electron chi connectivity index (χ4n) is 2.96. The predicted molar refractivity (Wildman–Crippen MR) is 92.8 cm³/mol. The van der Waals surface area contributed by atoms with E-state index in [2.05, 4.69) is 5.32 Å². The molecule has 4 nitrogen and oxygen atoms in total. The van der Waals surface area contributed by atoms with Crippen LogP contribution in [0, 0.1) is 11.2 Å². The largest absolute Gasteiger partial charge is 0.481 e. The molecule has 3 rings (SSSR count). The van der Waals surface area contributed by atoms with E-state index in [1.54, 1.807) is 36.4 Å². The topological polar surface area (TPSA) is 66.4 Å². The van der Waals surface area contributed by atoms with Crippen LogP contribution in [0.25, 0.3) is 0 Å². The summed E-state index contributed by atoms with van der Waals surface area (Å²) >= 11 is 0. The number of carbonyl (C=O) groups excluding carboxylic acids is 1. The number of nitrogens with one attached hydrogen (secondary N) is 1. The van der Waals surface area contributed by atoms with Crippen molar-refractivity contribution in [2.24, 2.45) is 5.41 Å². The molecule has 0 heterocycles. The van der Waals surface area contributed by atoms with Crippen LogP contribution in [-0.4, -0.2) is 17.0 Å². The quantitative estimate of drug-likeness (QED) is 0.805. The number of benzene rings is 2. The maximum absolute atomic E-state index is 13.9. The van der Waals surface area contributed by atoms with E-state index in [9.17, 15) is 14.0 Å². The molecular formula is C20H20FNO3. The molecule has 0 saturated heterocycles. The van der Waals surface area contributed by atoms with Crippen molar-refractivity contribution in [3.63, 3.8) is 0 Å². The van der Waals surface area contributed by atoms with Gasteiger partial charge in [0.1, 0.15) is 5.82 Å². The summed E-state index contributed by atoms with van der Waals surface area (Å²) < 4.78 is 13.9. The van der Waals surface area contributed by atoms with Crippen molar-refractivity contribution in [3.05, 3.63) is 65.5 Å². The summed E-state index contributed by atoms with van der Waals surface area (Å²) in [6.07, 6.45) is 2.34. The van der Waals surface area contributed by atoms with Crippen LogP contribution in [0.2, 0.25) is 0 Å². The van der Waals surface area contributed by atoms with Crippen molar-refractivity contribution < 1.29 is 19.1 Å². The Morgan fingerprint density at radius 2 is 1.88 bits per heavy atom. The smallest absolute Gasteiger partial charge is 0.303 e. The summed E-state index contributed by atoms with van der Waals surface area (Å²) in [4.78, 5) is 23.3. The molecule has 1 aliphatic rings. The van der Waals surface area contributed by atoms with Gasteiger partial charge in [-0.3, -0.25) is 9.59 Å². The molecule has 0 radical (unpaired) electrons. The molecule has 0 bridgehead atoms. The average Bonchev–Trinajstić information content (AvgIpc) is 3.36. The molecule has 1 fully saturated rings. The van der Waals surface area contributed by atoms with Crippen molar-refractivity contribution in [1.82, 2.24) is 0 Å². The van der Waals surface area contributed by atoms with Crippen LogP contribution in [0.15, 0.2) is 48.5 Å².